The molecule has 1 heterocycles. The lowest BCUT2D eigenvalue weighted by molar-refractivity contribution is -0.120. The highest BCUT2D eigenvalue weighted by Gasteiger charge is 2.24. The summed E-state index contributed by atoms with van der Waals surface area (Å²) in [6.07, 6.45) is 2.05. The number of hydrogen-bond donors (Lipinski definition) is 1. The molecule has 1 aliphatic heterocycles. The van der Waals surface area contributed by atoms with Gasteiger partial charge in [-0.15, -0.1) is 0 Å². The first-order chi connectivity index (χ1) is 11.6. The molecule has 0 saturated heterocycles. The molecule has 1 amide bonds. The lowest BCUT2D eigenvalue weighted by Gasteiger charge is -2.24. The molecule has 4 heteroatoms. The molecule has 0 spiro atoms. The van der Waals surface area contributed by atoms with E-state index in [1.807, 2.05) is 0 Å². The number of para-hydroxylation sites is 1. The van der Waals surface area contributed by atoms with Crippen LogP contribution in [0.2, 0.25) is 0 Å². The number of halogens is 1. The van der Waals surface area contributed by atoms with Crippen molar-refractivity contribution in [3.63, 3.8) is 0 Å². The minimum absolute atomic E-state index is 0.0929. The highest BCUT2D eigenvalue weighted by atomic mass is 19.1. The lowest BCUT2D eigenvalue weighted by Crippen LogP contribution is -2.33. The van der Waals surface area contributed by atoms with Gasteiger partial charge in [-0.2, -0.15) is 0 Å². The van der Waals surface area contributed by atoms with E-state index in [1.165, 1.54) is 17.3 Å². The first-order valence-electron chi connectivity index (χ1n) is 8.50. The number of carbonyl (C=O) groups excluding carboxylic acids is 1. The zero-order chi connectivity index (χ0) is 16.9. The minimum atomic E-state index is -0.324. The van der Waals surface area contributed by atoms with E-state index < -0.39 is 0 Å². The van der Waals surface area contributed by atoms with Gasteiger partial charge in [0.2, 0.25) is 5.91 Å². The normalized spacial score (nSPS) is 16.1. The fraction of sp³-hybridized carbons (Fsp3) is 0.350. The van der Waals surface area contributed by atoms with Crippen molar-refractivity contribution in [3.05, 3.63) is 65.5 Å². The van der Waals surface area contributed by atoms with E-state index in [2.05, 4.69) is 41.4 Å². The molecule has 3 nitrogen and oxygen atoms in total. The second-order valence-electron chi connectivity index (χ2n) is 6.35. The average Bonchev–Trinajstić information content (AvgIpc) is 2.89. The van der Waals surface area contributed by atoms with Crippen LogP contribution < -0.4 is 10.2 Å². The van der Waals surface area contributed by atoms with Gasteiger partial charge in [-0.1, -0.05) is 36.4 Å². The molecular weight excluding hydrogens is 303 g/mol. The molecule has 0 bridgehead atoms. The summed E-state index contributed by atoms with van der Waals surface area (Å²) < 4.78 is 13.5. The molecular formula is C20H23FN2O. The standard InChI is InChI=1S/C20H23FN2O/c1-15-13-17-8-3-5-10-19(17)23(15)12-6-11-22-20(24)14-16-7-2-4-9-18(16)21/h2-5,7-10,15H,6,11-14H2,1H3,(H,22,24)/t15-/m0/s1. The van der Waals surface area contributed by atoms with Crippen LogP contribution in [0, 0.1) is 5.82 Å². The minimum Gasteiger partial charge on any atom is -0.368 e. The van der Waals surface area contributed by atoms with E-state index in [4.69, 9.17) is 0 Å². The van der Waals surface area contributed by atoms with Gasteiger partial charge in [0.1, 0.15) is 5.82 Å². The Hall–Kier alpha value is -2.36. The summed E-state index contributed by atoms with van der Waals surface area (Å²) in [5.41, 5.74) is 3.15. The van der Waals surface area contributed by atoms with Gasteiger partial charge in [-0.25, -0.2) is 4.39 Å². The van der Waals surface area contributed by atoms with Crippen LogP contribution in [0.15, 0.2) is 48.5 Å². The Bertz CT molecular complexity index is 716. The van der Waals surface area contributed by atoms with Crippen LogP contribution in [0.1, 0.15) is 24.5 Å². The lowest BCUT2D eigenvalue weighted by atomic mass is 10.1. The SMILES string of the molecule is C[C@H]1Cc2ccccc2N1CCCNC(=O)Cc1ccccc1F. The van der Waals surface area contributed by atoms with Crippen molar-refractivity contribution in [2.75, 3.05) is 18.0 Å². The number of nitrogens with one attached hydrogen (secondary N) is 1. The molecule has 0 radical (unpaired) electrons. The zero-order valence-corrected chi connectivity index (χ0v) is 14.0. The highest BCUT2D eigenvalue weighted by Crippen LogP contribution is 2.31. The molecule has 1 N–H and O–H groups in total. The molecule has 1 aliphatic rings. The molecule has 24 heavy (non-hydrogen) atoms. The van der Waals surface area contributed by atoms with E-state index in [0.717, 1.165) is 19.4 Å². The maximum atomic E-state index is 13.5. The van der Waals surface area contributed by atoms with E-state index >= 15 is 0 Å². The number of rotatable bonds is 6. The van der Waals surface area contributed by atoms with E-state index in [1.54, 1.807) is 18.2 Å². The number of benzene rings is 2. The molecule has 0 aliphatic carbocycles. The van der Waals surface area contributed by atoms with Crippen molar-refractivity contribution >= 4 is 11.6 Å². The van der Waals surface area contributed by atoms with Gasteiger partial charge in [0.05, 0.1) is 6.42 Å². The highest BCUT2D eigenvalue weighted by molar-refractivity contribution is 5.78. The zero-order valence-electron chi connectivity index (χ0n) is 14.0. The van der Waals surface area contributed by atoms with Crippen LogP contribution in [0.5, 0.6) is 0 Å². The van der Waals surface area contributed by atoms with Crippen LogP contribution in [-0.2, 0) is 17.6 Å². The number of nitrogens with zero attached hydrogens (tertiary/aromatic N) is 1. The summed E-state index contributed by atoms with van der Waals surface area (Å²) in [5, 5.41) is 2.89. The Kier molecular flexibility index (Phi) is 5.14. The summed E-state index contributed by atoms with van der Waals surface area (Å²) in [7, 11) is 0. The molecule has 0 saturated carbocycles. The van der Waals surface area contributed by atoms with E-state index in [-0.39, 0.29) is 18.1 Å². The topological polar surface area (TPSA) is 32.3 Å². The van der Waals surface area contributed by atoms with Crippen molar-refractivity contribution in [2.24, 2.45) is 0 Å². The van der Waals surface area contributed by atoms with Gasteiger partial charge >= 0.3 is 0 Å². The number of carbonyl (C=O) groups is 1. The van der Waals surface area contributed by atoms with Crippen molar-refractivity contribution in [1.29, 1.82) is 0 Å². The Balaban J connectivity index is 1.44. The Morgan fingerprint density at radius 1 is 1.21 bits per heavy atom. The number of fused-ring (bicyclic) bond motifs is 1. The van der Waals surface area contributed by atoms with Gasteiger partial charge in [0, 0.05) is 24.8 Å². The number of anilines is 1. The van der Waals surface area contributed by atoms with Crippen LogP contribution in [0.3, 0.4) is 0 Å². The Morgan fingerprint density at radius 3 is 2.79 bits per heavy atom. The summed E-state index contributed by atoms with van der Waals surface area (Å²) >= 11 is 0. The predicted octanol–water partition coefficient (Wildman–Crippen LogP) is 3.33. The summed E-state index contributed by atoms with van der Waals surface area (Å²) in [6.45, 7) is 3.76. The van der Waals surface area contributed by atoms with E-state index in [9.17, 15) is 9.18 Å². The number of hydrogen-bond acceptors (Lipinski definition) is 2. The van der Waals surface area contributed by atoms with Crippen LogP contribution >= 0.6 is 0 Å². The van der Waals surface area contributed by atoms with Crippen molar-refractivity contribution in [1.82, 2.24) is 5.32 Å². The second-order valence-corrected chi connectivity index (χ2v) is 6.35. The fourth-order valence-corrected chi connectivity index (χ4v) is 3.32. The van der Waals surface area contributed by atoms with Crippen molar-refractivity contribution in [2.45, 2.75) is 32.2 Å². The van der Waals surface area contributed by atoms with Gasteiger partial charge < -0.3 is 10.2 Å². The molecule has 2 aromatic rings. The Morgan fingerprint density at radius 2 is 1.96 bits per heavy atom. The van der Waals surface area contributed by atoms with Crippen molar-refractivity contribution < 1.29 is 9.18 Å². The van der Waals surface area contributed by atoms with Crippen molar-refractivity contribution in [3.8, 4) is 0 Å². The van der Waals surface area contributed by atoms with Crippen LogP contribution in [-0.4, -0.2) is 25.0 Å². The first-order valence-corrected chi connectivity index (χ1v) is 8.50. The molecule has 0 unspecified atom stereocenters. The molecule has 126 valence electrons. The predicted molar refractivity (Wildman–Crippen MR) is 94.7 cm³/mol. The third-order valence-electron chi connectivity index (χ3n) is 4.56. The van der Waals surface area contributed by atoms with Gasteiger partial charge in [0.15, 0.2) is 0 Å². The molecule has 0 fully saturated rings. The maximum Gasteiger partial charge on any atom is 0.224 e. The maximum absolute atomic E-state index is 13.5. The third kappa shape index (κ3) is 3.75. The summed E-state index contributed by atoms with van der Waals surface area (Å²) in [6, 6.07) is 15.4. The fourth-order valence-electron chi connectivity index (χ4n) is 3.32. The largest absolute Gasteiger partial charge is 0.368 e. The van der Waals surface area contributed by atoms with Gasteiger partial charge in [-0.05, 0) is 43.0 Å². The average molecular weight is 326 g/mol. The summed E-state index contributed by atoms with van der Waals surface area (Å²) in [4.78, 5) is 14.3. The molecule has 0 aromatic heterocycles. The summed E-state index contributed by atoms with van der Waals surface area (Å²) in [5.74, 6) is -0.454. The quantitative estimate of drug-likeness (QED) is 0.826. The first kappa shape index (κ1) is 16.5. The second kappa shape index (κ2) is 7.47. The molecule has 3 rings (SSSR count). The smallest absolute Gasteiger partial charge is 0.224 e. The molecule has 2 aromatic carbocycles. The van der Waals surface area contributed by atoms with Gasteiger partial charge in [0.25, 0.3) is 0 Å². The van der Waals surface area contributed by atoms with E-state index in [0.29, 0.717) is 18.2 Å². The monoisotopic (exact) mass is 326 g/mol. The number of amides is 1. The van der Waals surface area contributed by atoms with Crippen LogP contribution in [0.25, 0.3) is 0 Å². The van der Waals surface area contributed by atoms with Gasteiger partial charge in [-0.3, -0.25) is 4.79 Å². The molecule has 1 atom stereocenters. The Labute approximate surface area is 142 Å². The van der Waals surface area contributed by atoms with Crippen LogP contribution in [0.4, 0.5) is 10.1 Å². The third-order valence-corrected chi connectivity index (χ3v) is 4.56.